The van der Waals surface area contributed by atoms with Crippen molar-refractivity contribution in [3.05, 3.63) is 40.9 Å². The molecule has 1 fully saturated rings. The lowest BCUT2D eigenvalue weighted by Gasteiger charge is -2.21. The second-order valence-electron chi connectivity index (χ2n) is 7.71. The molecule has 172 valence electrons. The van der Waals surface area contributed by atoms with Gasteiger partial charge in [0.2, 0.25) is 0 Å². The molecule has 0 radical (unpaired) electrons. The van der Waals surface area contributed by atoms with Crippen molar-refractivity contribution in [1.29, 1.82) is 0 Å². The van der Waals surface area contributed by atoms with Crippen LogP contribution in [0.15, 0.2) is 27.8 Å². The molecule has 2 aromatic rings. The number of nitrogens with one attached hydrogen (secondary N) is 2. The van der Waals surface area contributed by atoms with Gasteiger partial charge in [-0.05, 0) is 37.8 Å². The minimum Gasteiger partial charge on any atom is -0.361 e. The van der Waals surface area contributed by atoms with Crippen LogP contribution in [0.4, 0.5) is 5.82 Å². The first-order valence-corrected chi connectivity index (χ1v) is 11.4. The molecule has 7 nitrogen and oxygen atoms in total. The van der Waals surface area contributed by atoms with E-state index in [9.17, 15) is 0 Å². The highest BCUT2D eigenvalue weighted by Crippen LogP contribution is 2.18. The number of hydrogen-bond donors (Lipinski definition) is 2. The van der Waals surface area contributed by atoms with Crippen LogP contribution in [-0.2, 0) is 25.9 Å². The summed E-state index contributed by atoms with van der Waals surface area (Å²) < 4.78 is 5.46. The summed E-state index contributed by atoms with van der Waals surface area (Å²) in [4.78, 5) is 11.8. The molecule has 3 rings (SSSR count). The summed E-state index contributed by atoms with van der Waals surface area (Å²) in [5.74, 6) is 2.82. The molecule has 8 heteroatoms. The number of nitrogens with zero attached hydrogens (tertiary/aromatic N) is 4. The summed E-state index contributed by atoms with van der Waals surface area (Å²) in [6, 6.07) is 4.28. The first-order valence-electron chi connectivity index (χ1n) is 11.4. The topological polar surface area (TPSA) is 78.6 Å². The summed E-state index contributed by atoms with van der Waals surface area (Å²) in [7, 11) is 0. The first-order chi connectivity index (χ1) is 14.7. The number of hydrogen-bond acceptors (Lipinski definition) is 5. The van der Waals surface area contributed by atoms with Crippen LogP contribution < -0.4 is 15.5 Å². The van der Waals surface area contributed by atoms with E-state index in [1.165, 1.54) is 25.7 Å². The molecule has 0 unspecified atom stereocenters. The van der Waals surface area contributed by atoms with Gasteiger partial charge >= 0.3 is 0 Å². The van der Waals surface area contributed by atoms with Gasteiger partial charge in [0.25, 0.3) is 0 Å². The van der Waals surface area contributed by atoms with Gasteiger partial charge in [0.15, 0.2) is 5.96 Å². The van der Waals surface area contributed by atoms with E-state index in [0.717, 1.165) is 66.8 Å². The van der Waals surface area contributed by atoms with Crippen molar-refractivity contribution >= 4 is 35.8 Å². The van der Waals surface area contributed by atoms with Gasteiger partial charge in [0.1, 0.15) is 11.6 Å². The number of rotatable bonds is 8. The normalized spacial score (nSPS) is 14.7. The molecule has 0 aliphatic carbocycles. The highest BCUT2D eigenvalue weighted by atomic mass is 127. The predicted molar refractivity (Wildman–Crippen MR) is 137 cm³/mol. The monoisotopic (exact) mass is 540 g/mol. The third kappa shape index (κ3) is 7.36. The Morgan fingerprint density at radius 2 is 1.84 bits per heavy atom. The van der Waals surface area contributed by atoms with E-state index in [4.69, 9.17) is 14.5 Å². The number of aliphatic imine (C=N–C) groups is 1. The third-order valence-electron chi connectivity index (χ3n) is 5.54. The van der Waals surface area contributed by atoms with Crippen molar-refractivity contribution in [3.63, 3.8) is 0 Å². The molecule has 0 saturated carbocycles. The molecule has 2 aromatic heterocycles. The number of aromatic nitrogens is 2. The van der Waals surface area contributed by atoms with Gasteiger partial charge in [0, 0.05) is 44.4 Å². The summed E-state index contributed by atoms with van der Waals surface area (Å²) in [5, 5.41) is 10.9. The Morgan fingerprint density at radius 1 is 1.06 bits per heavy atom. The Kier molecular flexibility index (Phi) is 11.1. The maximum atomic E-state index is 5.46. The zero-order valence-corrected chi connectivity index (χ0v) is 21.4. The average Bonchev–Trinajstić information content (AvgIpc) is 2.98. The second-order valence-corrected chi connectivity index (χ2v) is 7.71. The van der Waals surface area contributed by atoms with Crippen molar-refractivity contribution in [1.82, 2.24) is 20.8 Å². The molecule has 0 atom stereocenters. The fourth-order valence-electron chi connectivity index (χ4n) is 3.82. The van der Waals surface area contributed by atoms with E-state index in [0.29, 0.717) is 13.1 Å². The Bertz CT molecular complexity index is 775. The van der Waals surface area contributed by atoms with Crippen LogP contribution in [0.2, 0.25) is 0 Å². The fourth-order valence-corrected chi connectivity index (χ4v) is 3.82. The minimum atomic E-state index is 0. The predicted octanol–water partition coefficient (Wildman–Crippen LogP) is 4.45. The van der Waals surface area contributed by atoms with E-state index >= 15 is 0 Å². The van der Waals surface area contributed by atoms with Gasteiger partial charge in [-0.1, -0.05) is 37.9 Å². The fraction of sp³-hybridized carbons (Fsp3) is 0.609. The van der Waals surface area contributed by atoms with Crippen LogP contribution in [-0.4, -0.2) is 35.7 Å². The summed E-state index contributed by atoms with van der Waals surface area (Å²) in [6.45, 7) is 10.5. The maximum Gasteiger partial charge on any atom is 0.191 e. The van der Waals surface area contributed by atoms with Gasteiger partial charge in [-0.25, -0.2) is 9.98 Å². The number of guanidine groups is 1. The van der Waals surface area contributed by atoms with E-state index in [-0.39, 0.29) is 24.0 Å². The van der Waals surface area contributed by atoms with Gasteiger partial charge in [0.05, 0.1) is 12.2 Å². The molecule has 1 saturated heterocycles. The van der Waals surface area contributed by atoms with Crippen LogP contribution in [0.5, 0.6) is 0 Å². The van der Waals surface area contributed by atoms with Crippen LogP contribution in [0, 0.1) is 0 Å². The Hall–Kier alpha value is -1.84. The molecule has 0 spiro atoms. The number of aryl methyl sites for hydroxylation is 2. The summed E-state index contributed by atoms with van der Waals surface area (Å²) in [5.41, 5.74) is 3.27. The average molecular weight is 540 g/mol. The van der Waals surface area contributed by atoms with E-state index in [1.807, 2.05) is 6.20 Å². The van der Waals surface area contributed by atoms with E-state index in [2.05, 4.69) is 53.6 Å². The van der Waals surface area contributed by atoms with Crippen LogP contribution in [0.1, 0.15) is 69.0 Å². The Labute approximate surface area is 203 Å². The molecular formula is C23H37IN6O. The zero-order chi connectivity index (χ0) is 21.2. The number of anilines is 1. The Balaban J connectivity index is 0.00000341. The highest BCUT2D eigenvalue weighted by Gasteiger charge is 2.14. The smallest absolute Gasteiger partial charge is 0.191 e. The molecule has 31 heavy (non-hydrogen) atoms. The quantitative estimate of drug-likeness (QED) is 0.293. The largest absolute Gasteiger partial charge is 0.361 e. The second kappa shape index (κ2) is 13.5. The molecule has 0 amide bonds. The first kappa shape index (κ1) is 25.4. The standard InChI is InChI=1S/C23H36N6O.HI/c1-4-20-19(21(5-2)30-28-20)17-27-23(24-6-3)26-16-18-11-12-22(25-15-18)29-13-9-7-8-10-14-29;/h11-12,15H,4-10,13-14,16-17H2,1-3H3,(H2,24,26,27);1H. The van der Waals surface area contributed by atoms with E-state index < -0.39 is 0 Å². The molecule has 2 N–H and O–H groups in total. The van der Waals surface area contributed by atoms with E-state index in [1.54, 1.807) is 0 Å². The van der Waals surface area contributed by atoms with Gasteiger partial charge in [-0.3, -0.25) is 0 Å². The maximum absolute atomic E-state index is 5.46. The van der Waals surface area contributed by atoms with Crippen molar-refractivity contribution < 1.29 is 4.52 Å². The minimum absolute atomic E-state index is 0. The molecule has 0 bridgehead atoms. The van der Waals surface area contributed by atoms with Crippen LogP contribution in [0.25, 0.3) is 0 Å². The highest BCUT2D eigenvalue weighted by molar-refractivity contribution is 14.0. The lowest BCUT2D eigenvalue weighted by atomic mass is 10.1. The molecule has 3 heterocycles. The molecule has 0 aromatic carbocycles. The number of pyridine rings is 1. The zero-order valence-electron chi connectivity index (χ0n) is 19.1. The molecular weight excluding hydrogens is 503 g/mol. The third-order valence-corrected chi connectivity index (χ3v) is 5.54. The van der Waals surface area contributed by atoms with Crippen molar-refractivity contribution in [2.45, 2.75) is 72.4 Å². The van der Waals surface area contributed by atoms with Crippen LogP contribution >= 0.6 is 24.0 Å². The SMILES string of the molecule is CCNC(=NCc1ccc(N2CCCCCC2)nc1)NCc1c(CC)noc1CC.I. The van der Waals surface area contributed by atoms with Gasteiger partial charge in [-0.15, -0.1) is 24.0 Å². The number of halogens is 1. The lowest BCUT2D eigenvalue weighted by Crippen LogP contribution is -2.37. The summed E-state index contributed by atoms with van der Waals surface area (Å²) in [6.07, 6.45) is 8.84. The van der Waals surface area contributed by atoms with Crippen molar-refractivity contribution in [2.75, 3.05) is 24.5 Å². The molecule has 1 aliphatic rings. The summed E-state index contributed by atoms with van der Waals surface area (Å²) >= 11 is 0. The van der Waals surface area contributed by atoms with Gasteiger partial charge in [-0.2, -0.15) is 0 Å². The van der Waals surface area contributed by atoms with Crippen LogP contribution in [0.3, 0.4) is 0 Å². The molecule has 1 aliphatic heterocycles. The van der Waals surface area contributed by atoms with Gasteiger partial charge < -0.3 is 20.1 Å². The van der Waals surface area contributed by atoms with Crippen molar-refractivity contribution in [2.24, 2.45) is 4.99 Å². The van der Waals surface area contributed by atoms with Crippen molar-refractivity contribution in [3.8, 4) is 0 Å². The lowest BCUT2D eigenvalue weighted by molar-refractivity contribution is 0.380. The Morgan fingerprint density at radius 3 is 2.45 bits per heavy atom.